The standard InChI is InChI=1S/C14H23ClN4O/c1-9(2)20-13-17-11(15)16-12(18-13)19-7-6-10(8-19)14(3,4)5/h9-10H,6-8H2,1-5H3. The zero-order valence-corrected chi connectivity index (χ0v) is 13.6. The van der Waals surface area contributed by atoms with E-state index in [1.807, 2.05) is 13.8 Å². The Labute approximate surface area is 125 Å². The zero-order chi connectivity index (χ0) is 14.9. The van der Waals surface area contributed by atoms with Gasteiger partial charge in [-0.05, 0) is 43.2 Å². The molecule has 2 rings (SSSR count). The Morgan fingerprint density at radius 1 is 1.25 bits per heavy atom. The van der Waals surface area contributed by atoms with Crippen molar-refractivity contribution >= 4 is 17.5 Å². The van der Waals surface area contributed by atoms with Gasteiger partial charge in [-0.2, -0.15) is 15.0 Å². The summed E-state index contributed by atoms with van der Waals surface area (Å²) in [6.07, 6.45) is 1.16. The molecule has 0 spiro atoms. The lowest BCUT2D eigenvalue weighted by molar-refractivity contribution is 0.221. The molecule has 1 atom stereocenters. The molecule has 0 amide bonds. The molecular formula is C14H23ClN4O. The van der Waals surface area contributed by atoms with Gasteiger partial charge < -0.3 is 9.64 Å². The minimum atomic E-state index is 0.0159. The highest BCUT2D eigenvalue weighted by molar-refractivity contribution is 6.28. The van der Waals surface area contributed by atoms with Crippen molar-refractivity contribution in [2.24, 2.45) is 11.3 Å². The van der Waals surface area contributed by atoms with Gasteiger partial charge >= 0.3 is 6.01 Å². The summed E-state index contributed by atoms with van der Waals surface area (Å²) in [5.74, 6) is 1.25. The maximum Gasteiger partial charge on any atom is 0.322 e. The second kappa shape index (κ2) is 5.72. The van der Waals surface area contributed by atoms with E-state index in [2.05, 4.69) is 40.6 Å². The highest BCUT2D eigenvalue weighted by Crippen LogP contribution is 2.35. The summed E-state index contributed by atoms with van der Waals surface area (Å²) < 4.78 is 5.52. The smallest absolute Gasteiger partial charge is 0.322 e. The Hall–Kier alpha value is -1.10. The van der Waals surface area contributed by atoms with Gasteiger partial charge in [0.05, 0.1) is 6.10 Å². The van der Waals surface area contributed by atoms with Crippen molar-refractivity contribution < 1.29 is 4.74 Å². The van der Waals surface area contributed by atoms with Gasteiger partial charge in [0.1, 0.15) is 0 Å². The average Bonchev–Trinajstić information content (AvgIpc) is 2.75. The maximum absolute atomic E-state index is 5.97. The predicted octanol–water partition coefficient (Wildman–Crippen LogP) is 3.18. The molecule has 112 valence electrons. The molecule has 2 heterocycles. The van der Waals surface area contributed by atoms with Gasteiger partial charge in [-0.15, -0.1) is 0 Å². The number of ether oxygens (including phenoxy) is 1. The van der Waals surface area contributed by atoms with E-state index in [1.165, 1.54) is 0 Å². The highest BCUT2D eigenvalue weighted by atomic mass is 35.5. The molecule has 5 nitrogen and oxygen atoms in total. The minimum Gasteiger partial charge on any atom is -0.461 e. The van der Waals surface area contributed by atoms with E-state index in [4.69, 9.17) is 16.3 Å². The van der Waals surface area contributed by atoms with Crippen LogP contribution in [0.4, 0.5) is 5.95 Å². The number of rotatable bonds is 3. The summed E-state index contributed by atoms with van der Waals surface area (Å²) >= 11 is 5.97. The molecule has 20 heavy (non-hydrogen) atoms. The van der Waals surface area contributed by atoms with Crippen molar-refractivity contribution in [3.63, 3.8) is 0 Å². The van der Waals surface area contributed by atoms with Gasteiger partial charge in [-0.25, -0.2) is 0 Å². The van der Waals surface area contributed by atoms with E-state index >= 15 is 0 Å². The topological polar surface area (TPSA) is 51.1 Å². The average molecular weight is 299 g/mol. The van der Waals surface area contributed by atoms with Crippen LogP contribution in [0.25, 0.3) is 0 Å². The van der Waals surface area contributed by atoms with Gasteiger partial charge in [0.25, 0.3) is 0 Å². The van der Waals surface area contributed by atoms with E-state index in [-0.39, 0.29) is 11.4 Å². The van der Waals surface area contributed by atoms with Crippen molar-refractivity contribution in [2.45, 2.75) is 47.1 Å². The van der Waals surface area contributed by atoms with Crippen molar-refractivity contribution in [1.82, 2.24) is 15.0 Å². The summed E-state index contributed by atoms with van der Waals surface area (Å²) in [6, 6.07) is 0.300. The summed E-state index contributed by atoms with van der Waals surface area (Å²) in [7, 11) is 0. The first kappa shape index (κ1) is 15.3. The fourth-order valence-corrected chi connectivity index (χ4v) is 2.52. The van der Waals surface area contributed by atoms with Crippen LogP contribution in [0.15, 0.2) is 0 Å². The SMILES string of the molecule is CC(C)Oc1nc(Cl)nc(N2CCC(C(C)(C)C)C2)n1. The number of nitrogens with zero attached hydrogens (tertiary/aromatic N) is 4. The normalized spacial score (nSPS) is 19.8. The summed E-state index contributed by atoms with van der Waals surface area (Å²) in [5.41, 5.74) is 0.294. The fourth-order valence-electron chi connectivity index (χ4n) is 2.38. The molecule has 1 aliphatic heterocycles. The van der Waals surface area contributed by atoms with E-state index in [0.29, 0.717) is 23.3 Å². The van der Waals surface area contributed by atoms with Crippen LogP contribution >= 0.6 is 11.6 Å². The Balaban J connectivity index is 2.15. The lowest BCUT2D eigenvalue weighted by Crippen LogP contribution is -2.27. The van der Waals surface area contributed by atoms with Gasteiger partial charge in [0, 0.05) is 13.1 Å². The van der Waals surface area contributed by atoms with E-state index < -0.39 is 0 Å². The Morgan fingerprint density at radius 2 is 1.95 bits per heavy atom. The summed E-state index contributed by atoms with van der Waals surface area (Å²) in [5, 5.41) is 0.185. The van der Waals surface area contributed by atoms with Crippen molar-refractivity contribution in [1.29, 1.82) is 0 Å². The van der Waals surface area contributed by atoms with Crippen molar-refractivity contribution in [3.05, 3.63) is 5.28 Å². The van der Waals surface area contributed by atoms with Gasteiger partial charge in [0.2, 0.25) is 11.2 Å². The molecule has 1 fully saturated rings. The largest absolute Gasteiger partial charge is 0.461 e. The fraction of sp³-hybridized carbons (Fsp3) is 0.786. The maximum atomic E-state index is 5.97. The second-order valence-corrected chi connectivity index (χ2v) is 6.99. The van der Waals surface area contributed by atoms with Crippen molar-refractivity contribution in [2.75, 3.05) is 18.0 Å². The summed E-state index contributed by atoms with van der Waals surface area (Å²) in [6.45, 7) is 12.6. The molecule has 0 radical (unpaired) electrons. The van der Waals surface area contributed by atoms with Crippen LogP contribution in [-0.2, 0) is 0 Å². The third kappa shape index (κ3) is 3.72. The number of anilines is 1. The molecule has 1 unspecified atom stereocenters. The first-order chi connectivity index (χ1) is 9.25. The molecular weight excluding hydrogens is 276 g/mol. The minimum absolute atomic E-state index is 0.0159. The molecule has 0 aromatic carbocycles. The lowest BCUT2D eigenvalue weighted by atomic mass is 9.80. The Bertz CT molecular complexity index is 473. The number of halogens is 1. The van der Waals surface area contributed by atoms with Gasteiger partial charge in [-0.3, -0.25) is 0 Å². The van der Waals surface area contributed by atoms with Crippen LogP contribution in [0.2, 0.25) is 5.28 Å². The molecule has 1 aliphatic rings. The molecule has 1 aromatic rings. The monoisotopic (exact) mass is 298 g/mol. The van der Waals surface area contributed by atoms with Crippen LogP contribution in [0.3, 0.4) is 0 Å². The number of aromatic nitrogens is 3. The third-order valence-electron chi connectivity index (χ3n) is 3.61. The van der Waals surface area contributed by atoms with Crippen molar-refractivity contribution in [3.8, 4) is 6.01 Å². The van der Waals surface area contributed by atoms with Crippen LogP contribution in [0.1, 0.15) is 41.0 Å². The van der Waals surface area contributed by atoms with Crippen LogP contribution in [-0.4, -0.2) is 34.1 Å². The molecule has 1 saturated heterocycles. The first-order valence-corrected chi connectivity index (χ1v) is 7.46. The zero-order valence-electron chi connectivity index (χ0n) is 12.9. The third-order valence-corrected chi connectivity index (χ3v) is 3.78. The molecule has 0 bridgehead atoms. The molecule has 6 heteroatoms. The predicted molar refractivity (Wildman–Crippen MR) is 80.4 cm³/mol. The van der Waals surface area contributed by atoms with E-state index in [1.54, 1.807) is 0 Å². The molecule has 0 aliphatic carbocycles. The molecule has 0 saturated carbocycles. The number of hydrogen-bond donors (Lipinski definition) is 0. The highest BCUT2D eigenvalue weighted by Gasteiger charge is 2.33. The quantitative estimate of drug-likeness (QED) is 0.858. The molecule has 0 N–H and O–H groups in total. The molecule has 1 aromatic heterocycles. The first-order valence-electron chi connectivity index (χ1n) is 7.09. The van der Waals surface area contributed by atoms with Crippen LogP contribution in [0, 0.1) is 11.3 Å². The summed E-state index contributed by atoms with van der Waals surface area (Å²) in [4.78, 5) is 14.8. The lowest BCUT2D eigenvalue weighted by Gasteiger charge is -2.27. The Morgan fingerprint density at radius 3 is 2.50 bits per heavy atom. The van der Waals surface area contributed by atoms with Gasteiger partial charge in [-0.1, -0.05) is 20.8 Å². The van der Waals surface area contributed by atoms with E-state index in [9.17, 15) is 0 Å². The van der Waals surface area contributed by atoms with Crippen LogP contribution < -0.4 is 9.64 Å². The van der Waals surface area contributed by atoms with Crippen LogP contribution in [0.5, 0.6) is 6.01 Å². The Kier molecular flexibility index (Phi) is 4.37. The van der Waals surface area contributed by atoms with Gasteiger partial charge in [0.15, 0.2) is 0 Å². The van der Waals surface area contributed by atoms with E-state index in [0.717, 1.165) is 19.5 Å². The second-order valence-electron chi connectivity index (χ2n) is 6.65. The number of hydrogen-bond acceptors (Lipinski definition) is 5.